The van der Waals surface area contributed by atoms with Gasteiger partial charge >= 0.3 is 6.09 Å². The molecule has 1 N–H and O–H groups in total. The van der Waals surface area contributed by atoms with Crippen LogP contribution in [0, 0.1) is 0 Å². The molecule has 1 aromatic rings. The molecule has 0 aliphatic carbocycles. The SMILES string of the molecule is CCOC(=O)/N=C(\NC(C)=O)c1ccccc1Cl. The highest BCUT2D eigenvalue weighted by molar-refractivity contribution is 6.34. The van der Waals surface area contributed by atoms with Crippen LogP contribution in [0.3, 0.4) is 0 Å². The molecule has 96 valence electrons. The van der Waals surface area contributed by atoms with Gasteiger partial charge in [0.15, 0.2) is 0 Å². The average Bonchev–Trinajstić information content (AvgIpc) is 2.28. The van der Waals surface area contributed by atoms with E-state index in [2.05, 4.69) is 10.3 Å². The molecule has 0 aromatic heterocycles. The number of rotatable bonds is 2. The number of aliphatic imine (C=N–C) groups is 1. The molecule has 1 aromatic carbocycles. The van der Waals surface area contributed by atoms with E-state index < -0.39 is 6.09 Å². The predicted molar refractivity (Wildman–Crippen MR) is 68.8 cm³/mol. The highest BCUT2D eigenvalue weighted by Crippen LogP contribution is 2.15. The van der Waals surface area contributed by atoms with Crippen molar-refractivity contribution >= 4 is 29.4 Å². The minimum atomic E-state index is -0.777. The van der Waals surface area contributed by atoms with Crippen molar-refractivity contribution in [2.45, 2.75) is 13.8 Å². The molecule has 0 atom stereocenters. The summed E-state index contributed by atoms with van der Waals surface area (Å²) in [6.07, 6.45) is -0.777. The number of amides is 2. The molecule has 0 aliphatic heterocycles. The Morgan fingerprint density at radius 1 is 1.39 bits per heavy atom. The fraction of sp³-hybridized carbons (Fsp3) is 0.250. The van der Waals surface area contributed by atoms with Gasteiger partial charge in [-0.2, -0.15) is 4.99 Å². The molecule has 0 saturated heterocycles. The van der Waals surface area contributed by atoms with Crippen LogP contribution in [-0.2, 0) is 9.53 Å². The number of hydrogen-bond donors (Lipinski definition) is 1. The quantitative estimate of drug-likeness (QED) is 0.661. The minimum Gasteiger partial charge on any atom is -0.448 e. The number of nitrogens with one attached hydrogen (secondary N) is 1. The molecular weight excluding hydrogens is 256 g/mol. The van der Waals surface area contributed by atoms with E-state index in [-0.39, 0.29) is 18.3 Å². The van der Waals surface area contributed by atoms with Gasteiger partial charge in [0.2, 0.25) is 5.91 Å². The summed E-state index contributed by atoms with van der Waals surface area (Å²) in [5.41, 5.74) is 0.461. The summed E-state index contributed by atoms with van der Waals surface area (Å²) in [6.45, 7) is 3.19. The maximum Gasteiger partial charge on any atom is 0.435 e. The number of amidine groups is 1. The van der Waals surface area contributed by atoms with Crippen LogP contribution in [0.1, 0.15) is 19.4 Å². The third-order valence-corrected chi connectivity index (χ3v) is 2.22. The fourth-order valence-corrected chi connectivity index (χ4v) is 1.45. The van der Waals surface area contributed by atoms with Crippen LogP contribution >= 0.6 is 11.6 Å². The Kier molecular flexibility index (Phi) is 5.32. The van der Waals surface area contributed by atoms with Crippen LogP contribution in [0.15, 0.2) is 29.3 Å². The molecule has 6 heteroatoms. The number of benzene rings is 1. The van der Waals surface area contributed by atoms with E-state index in [9.17, 15) is 9.59 Å². The largest absolute Gasteiger partial charge is 0.448 e. The lowest BCUT2D eigenvalue weighted by molar-refractivity contribution is -0.117. The van der Waals surface area contributed by atoms with Crippen molar-refractivity contribution in [3.63, 3.8) is 0 Å². The van der Waals surface area contributed by atoms with Crippen LogP contribution in [0.4, 0.5) is 4.79 Å². The summed E-state index contributed by atoms with van der Waals surface area (Å²) < 4.78 is 4.69. The van der Waals surface area contributed by atoms with Crippen LogP contribution < -0.4 is 5.32 Å². The molecule has 5 nitrogen and oxygen atoms in total. The van der Waals surface area contributed by atoms with Gasteiger partial charge in [0.05, 0.1) is 11.6 Å². The van der Waals surface area contributed by atoms with E-state index >= 15 is 0 Å². The molecule has 0 radical (unpaired) electrons. The van der Waals surface area contributed by atoms with E-state index in [1.54, 1.807) is 31.2 Å². The minimum absolute atomic E-state index is 0.0755. The number of hydrogen-bond acceptors (Lipinski definition) is 3. The zero-order valence-electron chi connectivity index (χ0n) is 10.1. The van der Waals surface area contributed by atoms with Crippen LogP contribution in [0.2, 0.25) is 5.02 Å². The molecule has 0 bridgehead atoms. The number of nitrogens with zero attached hydrogens (tertiary/aromatic N) is 1. The summed E-state index contributed by atoms with van der Waals surface area (Å²) in [5.74, 6) is -0.274. The number of carbonyl (C=O) groups is 2. The van der Waals surface area contributed by atoms with Gasteiger partial charge in [-0.05, 0) is 19.1 Å². The Bertz CT molecular complexity index is 486. The van der Waals surface area contributed by atoms with Crippen molar-refractivity contribution in [2.24, 2.45) is 4.99 Å². The molecule has 0 aliphatic rings. The standard InChI is InChI=1S/C12H13ClN2O3/c1-3-18-12(17)15-11(14-8(2)16)9-6-4-5-7-10(9)13/h4-7H,3H2,1-2H3,(H,14,15,16,17). The Morgan fingerprint density at radius 2 is 2.06 bits per heavy atom. The lowest BCUT2D eigenvalue weighted by Gasteiger charge is -2.08. The van der Waals surface area contributed by atoms with Crippen molar-refractivity contribution < 1.29 is 14.3 Å². The van der Waals surface area contributed by atoms with Crippen molar-refractivity contribution in [2.75, 3.05) is 6.61 Å². The first-order valence-corrected chi connectivity index (χ1v) is 5.70. The first kappa shape index (κ1) is 14.2. The second-order valence-corrected chi connectivity index (χ2v) is 3.73. The predicted octanol–water partition coefficient (Wildman–Crippen LogP) is 2.38. The zero-order valence-corrected chi connectivity index (χ0v) is 10.8. The maximum absolute atomic E-state index is 11.3. The number of ether oxygens (including phenoxy) is 1. The van der Waals surface area contributed by atoms with E-state index in [4.69, 9.17) is 16.3 Å². The van der Waals surface area contributed by atoms with Crippen LogP contribution in [0.25, 0.3) is 0 Å². The lowest BCUT2D eigenvalue weighted by Crippen LogP contribution is -2.30. The van der Waals surface area contributed by atoms with Gasteiger partial charge in [0, 0.05) is 12.5 Å². The summed E-state index contributed by atoms with van der Waals surface area (Å²) in [4.78, 5) is 26.1. The lowest BCUT2D eigenvalue weighted by atomic mass is 10.2. The van der Waals surface area contributed by atoms with Gasteiger partial charge in [-0.3, -0.25) is 4.79 Å². The Labute approximate surface area is 110 Å². The number of carbonyl (C=O) groups excluding carboxylic acids is 2. The van der Waals surface area contributed by atoms with Gasteiger partial charge in [0.1, 0.15) is 5.84 Å². The van der Waals surface area contributed by atoms with Crippen molar-refractivity contribution in [1.29, 1.82) is 0 Å². The second-order valence-electron chi connectivity index (χ2n) is 3.32. The monoisotopic (exact) mass is 268 g/mol. The number of halogens is 1. The van der Waals surface area contributed by atoms with E-state index in [1.165, 1.54) is 6.92 Å². The third kappa shape index (κ3) is 4.18. The van der Waals surface area contributed by atoms with Gasteiger partial charge in [-0.1, -0.05) is 23.7 Å². The zero-order chi connectivity index (χ0) is 13.5. The third-order valence-electron chi connectivity index (χ3n) is 1.89. The van der Waals surface area contributed by atoms with Gasteiger partial charge in [-0.15, -0.1) is 0 Å². The van der Waals surface area contributed by atoms with Gasteiger partial charge in [0.25, 0.3) is 0 Å². The molecule has 0 fully saturated rings. The second kappa shape index (κ2) is 6.76. The summed E-state index contributed by atoms with van der Waals surface area (Å²) in [5, 5.41) is 2.84. The molecule has 0 spiro atoms. The van der Waals surface area contributed by atoms with Crippen molar-refractivity contribution in [1.82, 2.24) is 5.32 Å². The Morgan fingerprint density at radius 3 is 2.61 bits per heavy atom. The average molecular weight is 269 g/mol. The van der Waals surface area contributed by atoms with E-state index in [1.807, 2.05) is 0 Å². The summed E-state index contributed by atoms with van der Waals surface area (Å²) in [7, 11) is 0. The highest BCUT2D eigenvalue weighted by Gasteiger charge is 2.11. The molecule has 18 heavy (non-hydrogen) atoms. The Balaban J connectivity index is 3.09. The van der Waals surface area contributed by atoms with Gasteiger partial charge < -0.3 is 10.1 Å². The molecule has 0 unspecified atom stereocenters. The first-order valence-electron chi connectivity index (χ1n) is 5.32. The molecule has 0 saturated carbocycles. The molecule has 1 rings (SSSR count). The summed E-state index contributed by atoms with van der Waals surface area (Å²) >= 11 is 5.98. The Hall–Kier alpha value is -1.88. The smallest absolute Gasteiger partial charge is 0.435 e. The van der Waals surface area contributed by atoms with E-state index in [0.29, 0.717) is 10.6 Å². The van der Waals surface area contributed by atoms with Crippen LogP contribution in [0.5, 0.6) is 0 Å². The molecule has 0 heterocycles. The topological polar surface area (TPSA) is 67.8 Å². The molecular formula is C12H13ClN2O3. The first-order chi connectivity index (χ1) is 8.54. The molecule has 2 amide bonds. The van der Waals surface area contributed by atoms with Crippen molar-refractivity contribution in [3.8, 4) is 0 Å². The van der Waals surface area contributed by atoms with Gasteiger partial charge in [-0.25, -0.2) is 4.79 Å². The normalized spacial score (nSPS) is 10.9. The van der Waals surface area contributed by atoms with Crippen LogP contribution in [-0.4, -0.2) is 24.4 Å². The fourth-order valence-electron chi connectivity index (χ4n) is 1.22. The van der Waals surface area contributed by atoms with E-state index in [0.717, 1.165) is 0 Å². The van der Waals surface area contributed by atoms with Crippen molar-refractivity contribution in [3.05, 3.63) is 34.9 Å². The summed E-state index contributed by atoms with van der Waals surface area (Å²) in [6, 6.07) is 6.75. The maximum atomic E-state index is 11.3. The highest BCUT2D eigenvalue weighted by atomic mass is 35.5.